The molecule has 26 heavy (non-hydrogen) atoms. The van der Waals surface area contributed by atoms with Crippen LogP contribution >= 0.6 is 7.14 Å². The summed E-state index contributed by atoms with van der Waals surface area (Å²) in [4.78, 5) is 13.2. The molecule has 0 aliphatic carbocycles. The molecule has 2 aromatic rings. The Bertz CT molecular complexity index is 910. The van der Waals surface area contributed by atoms with Gasteiger partial charge < -0.3 is 14.6 Å². The van der Waals surface area contributed by atoms with E-state index < -0.39 is 24.8 Å². The topological polar surface area (TPSA) is 57.6 Å². The maximum atomic E-state index is 14.9. The van der Waals surface area contributed by atoms with Gasteiger partial charge in [-0.05, 0) is 37.4 Å². The average Bonchev–Trinajstić information content (AvgIpc) is 2.97. The van der Waals surface area contributed by atoms with Crippen LogP contribution in [0.5, 0.6) is 0 Å². The number of halogens is 2. The van der Waals surface area contributed by atoms with Gasteiger partial charge in [-0.3, -0.25) is 4.79 Å². The van der Waals surface area contributed by atoms with Crippen molar-refractivity contribution in [2.24, 2.45) is 0 Å². The number of aliphatic hydroxyl groups excluding tert-OH is 1. The van der Waals surface area contributed by atoms with Crippen LogP contribution in [-0.4, -0.2) is 37.0 Å². The highest BCUT2D eigenvalue weighted by Crippen LogP contribution is 2.41. The van der Waals surface area contributed by atoms with Crippen molar-refractivity contribution in [1.82, 2.24) is 0 Å². The lowest BCUT2D eigenvalue weighted by atomic mass is 10.0. The van der Waals surface area contributed by atoms with Crippen LogP contribution in [0.15, 0.2) is 36.4 Å². The van der Waals surface area contributed by atoms with Crippen LogP contribution in [0.1, 0.15) is 12.8 Å². The van der Waals surface area contributed by atoms with Crippen LogP contribution in [0.3, 0.4) is 0 Å². The molecule has 3 rings (SSSR count). The monoisotopic (exact) mass is 379 g/mol. The Morgan fingerprint density at radius 3 is 2.46 bits per heavy atom. The van der Waals surface area contributed by atoms with Gasteiger partial charge in [0.2, 0.25) is 5.91 Å². The van der Waals surface area contributed by atoms with E-state index >= 15 is 0 Å². The van der Waals surface area contributed by atoms with E-state index in [1.54, 1.807) is 37.6 Å². The standard InChI is InChI=1S/C19H20F2NO3P/c1-26(2,25)16-6-4-3-5-13(16)14-8-9-15(19(21)18(14)20)22-12(11-23)7-10-17(22)24/h3-6,8-9,12,23H,7,10-11H2,1-2H3/t12-/m0/s1. The van der Waals surface area contributed by atoms with Gasteiger partial charge in [0.15, 0.2) is 11.6 Å². The zero-order chi connectivity index (χ0) is 19.1. The highest BCUT2D eigenvalue weighted by Gasteiger charge is 2.34. The van der Waals surface area contributed by atoms with E-state index in [0.29, 0.717) is 17.3 Å². The van der Waals surface area contributed by atoms with Crippen molar-refractivity contribution in [2.45, 2.75) is 18.9 Å². The van der Waals surface area contributed by atoms with Crippen molar-refractivity contribution in [3.8, 4) is 11.1 Å². The van der Waals surface area contributed by atoms with E-state index in [1.165, 1.54) is 12.1 Å². The number of hydrogen-bond donors (Lipinski definition) is 1. The molecule has 0 unspecified atom stereocenters. The number of carbonyl (C=O) groups is 1. The number of hydrogen-bond acceptors (Lipinski definition) is 3. The van der Waals surface area contributed by atoms with Crippen molar-refractivity contribution in [3.63, 3.8) is 0 Å². The van der Waals surface area contributed by atoms with Crippen molar-refractivity contribution in [2.75, 3.05) is 24.8 Å². The molecule has 138 valence electrons. The maximum absolute atomic E-state index is 14.9. The fourth-order valence-electron chi connectivity index (χ4n) is 3.35. The molecule has 0 saturated carbocycles. The average molecular weight is 379 g/mol. The summed E-state index contributed by atoms with van der Waals surface area (Å²) in [5, 5.41) is 9.86. The predicted octanol–water partition coefficient (Wildman–Crippen LogP) is 3.37. The molecule has 1 saturated heterocycles. The third-order valence-corrected chi connectivity index (χ3v) is 6.18. The molecule has 0 aromatic heterocycles. The quantitative estimate of drug-likeness (QED) is 0.829. The second-order valence-electron chi connectivity index (χ2n) is 6.77. The Balaban J connectivity index is 2.13. The van der Waals surface area contributed by atoms with Crippen molar-refractivity contribution in [3.05, 3.63) is 48.0 Å². The lowest BCUT2D eigenvalue weighted by Gasteiger charge is -2.24. The van der Waals surface area contributed by atoms with Crippen molar-refractivity contribution < 1.29 is 23.2 Å². The first kappa shape index (κ1) is 18.7. The van der Waals surface area contributed by atoms with Gasteiger partial charge in [-0.15, -0.1) is 0 Å². The molecule has 1 amide bonds. The van der Waals surface area contributed by atoms with Gasteiger partial charge in [0.25, 0.3) is 0 Å². The minimum atomic E-state index is -2.70. The van der Waals surface area contributed by atoms with E-state index in [-0.39, 0.29) is 30.2 Å². The molecule has 2 aromatic carbocycles. The highest BCUT2D eigenvalue weighted by atomic mass is 31.2. The van der Waals surface area contributed by atoms with Gasteiger partial charge in [0, 0.05) is 17.3 Å². The smallest absolute Gasteiger partial charge is 0.227 e. The fraction of sp³-hybridized carbons (Fsp3) is 0.316. The van der Waals surface area contributed by atoms with Gasteiger partial charge in [-0.2, -0.15) is 0 Å². The van der Waals surface area contributed by atoms with E-state index in [0.717, 1.165) is 4.90 Å². The number of amides is 1. The molecule has 0 bridgehead atoms. The minimum absolute atomic E-state index is 0.00188. The molecule has 1 aliphatic heterocycles. The zero-order valence-electron chi connectivity index (χ0n) is 14.6. The van der Waals surface area contributed by atoms with Crippen LogP contribution in [-0.2, 0) is 9.36 Å². The predicted molar refractivity (Wildman–Crippen MR) is 98.5 cm³/mol. The van der Waals surface area contributed by atoms with Gasteiger partial charge in [0.05, 0.1) is 18.3 Å². The summed E-state index contributed by atoms with van der Waals surface area (Å²) in [7, 11) is -2.70. The van der Waals surface area contributed by atoms with Crippen molar-refractivity contribution in [1.29, 1.82) is 0 Å². The van der Waals surface area contributed by atoms with Crippen LogP contribution in [0.25, 0.3) is 11.1 Å². The zero-order valence-corrected chi connectivity index (χ0v) is 15.5. The molecule has 1 heterocycles. The number of nitrogens with zero attached hydrogens (tertiary/aromatic N) is 1. The number of aliphatic hydroxyl groups is 1. The summed E-state index contributed by atoms with van der Waals surface area (Å²) < 4.78 is 42.2. The lowest BCUT2D eigenvalue weighted by Crippen LogP contribution is -2.36. The van der Waals surface area contributed by atoms with E-state index in [9.17, 15) is 23.2 Å². The SMILES string of the molecule is CP(C)(=O)c1ccccc1-c1ccc(N2C(=O)CC[C@H]2CO)c(F)c1F. The van der Waals surface area contributed by atoms with Crippen LogP contribution in [0, 0.1) is 11.6 Å². The molecular formula is C19H20F2NO3P. The van der Waals surface area contributed by atoms with E-state index in [2.05, 4.69) is 0 Å². The Morgan fingerprint density at radius 2 is 1.81 bits per heavy atom. The largest absolute Gasteiger partial charge is 0.394 e. The number of rotatable bonds is 4. The van der Waals surface area contributed by atoms with Gasteiger partial charge in [-0.25, -0.2) is 8.78 Å². The molecule has 7 heteroatoms. The molecule has 1 atom stereocenters. The van der Waals surface area contributed by atoms with Crippen molar-refractivity contribution >= 4 is 24.0 Å². The Morgan fingerprint density at radius 1 is 1.12 bits per heavy atom. The number of carbonyl (C=O) groups excluding carboxylic acids is 1. The van der Waals surface area contributed by atoms with Gasteiger partial charge >= 0.3 is 0 Å². The second kappa shape index (κ2) is 6.93. The summed E-state index contributed by atoms with van der Waals surface area (Å²) in [5.41, 5.74) is 0.190. The van der Waals surface area contributed by atoms with Crippen LogP contribution in [0.2, 0.25) is 0 Å². The third-order valence-electron chi connectivity index (χ3n) is 4.63. The number of benzene rings is 2. The van der Waals surface area contributed by atoms with Crippen LogP contribution < -0.4 is 10.2 Å². The molecular weight excluding hydrogens is 359 g/mol. The summed E-state index contributed by atoms with van der Waals surface area (Å²) in [6, 6.07) is 8.80. The first-order valence-corrected chi connectivity index (χ1v) is 10.9. The number of anilines is 1. The van der Waals surface area contributed by atoms with Gasteiger partial charge in [-0.1, -0.05) is 24.3 Å². The Kier molecular flexibility index (Phi) is 5.00. The summed E-state index contributed by atoms with van der Waals surface area (Å²) >= 11 is 0. The van der Waals surface area contributed by atoms with Crippen LogP contribution in [0.4, 0.5) is 14.5 Å². The Hall–Kier alpha value is -2.04. The Labute approximate surface area is 150 Å². The third kappa shape index (κ3) is 3.19. The first-order chi connectivity index (χ1) is 12.3. The molecule has 1 N–H and O–H groups in total. The minimum Gasteiger partial charge on any atom is -0.394 e. The summed E-state index contributed by atoms with van der Waals surface area (Å²) in [6.45, 7) is 2.83. The first-order valence-electron chi connectivity index (χ1n) is 8.31. The molecule has 1 fully saturated rings. The molecule has 4 nitrogen and oxygen atoms in total. The van der Waals surface area contributed by atoms with Gasteiger partial charge in [0.1, 0.15) is 7.14 Å². The van der Waals surface area contributed by atoms with E-state index in [4.69, 9.17) is 0 Å². The normalized spacial score (nSPS) is 17.8. The summed E-state index contributed by atoms with van der Waals surface area (Å²) in [6.07, 6.45) is 0.585. The fourth-order valence-corrected chi connectivity index (χ4v) is 4.57. The maximum Gasteiger partial charge on any atom is 0.227 e. The summed E-state index contributed by atoms with van der Waals surface area (Å²) in [5.74, 6) is -2.59. The lowest BCUT2D eigenvalue weighted by molar-refractivity contribution is -0.117. The van der Waals surface area contributed by atoms with E-state index in [1.807, 2.05) is 0 Å². The second-order valence-corrected chi connectivity index (χ2v) is 9.95. The molecule has 0 spiro atoms. The highest BCUT2D eigenvalue weighted by molar-refractivity contribution is 7.70. The molecule has 0 radical (unpaired) electrons. The molecule has 1 aliphatic rings.